The Kier molecular flexibility index (Phi) is 3.93. The zero-order valence-corrected chi connectivity index (χ0v) is 11.9. The van der Waals surface area contributed by atoms with Crippen molar-refractivity contribution in [3.63, 3.8) is 0 Å². The largest absolute Gasteiger partial charge is 0.370 e. The van der Waals surface area contributed by atoms with Gasteiger partial charge in [-0.15, -0.1) is 0 Å². The molecule has 7 heteroatoms. The number of aromatic nitrogens is 1. The predicted molar refractivity (Wildman–Crippen MR) is 77.4 cm³/mol. The summed E-state index contributed by atoms with van der Waals surface area (Å²) in [6, 6.07) is 6.63. The molecule has 2 rings (SSSR count). The predicted octanol–water partition coefficient (Wildman–Crippen LogP) is 1.50. The highest BCUT2D eigenvalue weighted by Crippen LogP contribution is 2.16. The van der Waals surface area contributed by atoms with Gasteiger partial charge in [-0.1, -0.05) is 6.07 Å². The maximum absolute atomic E-state index is 12.1. The quantitative estimate of drug-likeness (QED) is 0.895. The van der Waals surface area contributed by atoms with Gasteiger partial charge in [0.05, 0.1) is 5.69 Å². The summed E-state index contributed by atoms with van der Waals surface area (Å²) in [7, 11) is 1.55. The van der Waals surface area contributed by atoms with E-state index >= 15 is 0 Å². The topological polar surface area (TPSA) is 93.3 Å². The third kappa shape index (κ3) is 3.19. The van der Waals surface area contributed by atoms with Crippen LogP contribution in [0.5, 0.6) is 0 Å². The number of benzene rings is 1. The van der Waals surface area contributed by atoms with Crippen molar-refractivity contribution < 1.29 is 14.1 Å². The number of aryl methyl sites for hydroxylation is 1. The Morgan fingerprint density at radius 1 is 1.19 bits per heavy atom. The lowest BCUT2D eigenvalue weighted by Crippen LogP contribution is -2.19. The van der Waals surface area contributed by atoms with Crippen LogP contribution in [0.1, 0.15) is 23.0 Å². The SMILES string of the molecule is CC(=O)Nc1cccc(NC(=O)c2c(C)n(C)oc2=O)c1. The van der Waals surface area contributed by atoms with Crippen LogP contribution in [0.3, 0.4) is 0 Å². The van der Waals surface area contributed by atoms with Crippen molar-refractivity contribution in [3.05, 3.63) is 45.9 Å². The fourth-order valence-corrected chi connectivity index (χ4v) is 1.87. The Labute approximate surface area is 120 Å². The molecule has 0 saturated carbocycles. The number of rotatable bonds is 3. The van der Waals surface area contributed by atoms with Crippen LogP contribution in [0.25, 0.3) is 0 Å². The number of hydrogen-bond donors (Lipinski definition) is 2. The summed E-state index contributed by atoms with van der Waals surface area (Å²) in [5.74, 6) is -0.764. The number of carbonyl (C=O) groups excluding carboxylic acids is 2. The van der Waals surface area contributed by atoms with Crippen LogP contribution in [-0.4, -0.2) is 16.6 Å². The van der Waals surface area contributed by atoms with Crippen molar-refractivity contribution in [1.82, 2.24) is 4.74 Å². The molecule has 2 amide bonds. The number of carbonyl (C=O) groups is 2. The number of nitrogens with zero attached hydrogens (tertiary/aromatic N) is 1. The Bertz CT molecular complexity index is 758. The molecule has 0 aliphatic rings. The summed E-state index contributed by atoms with van der Waals surface area (Å²) in [5, 5.41) is 5.21. The van der Waals surface area contributed by atoms with Gasteiger partial charge in [-0.2, -0.15) is 0 Å². The second-order valence-electron chi connectivity index (χ2n) is 4.55. The highest BCUT2D eigenvalue weighted by atomic mass is 16.5. The monoisotopic (exact) mass is 289 g/mol. The van der Waals surface area contributed by atoms with E-state index in [0.717, 1.165) is 0 Å². The van der Waals surface area contributed by atoms with E-state index in [9.17, 15) is 14.4 Å². The summed E-state index contributed by atoms with van der Waals surface area (Å²) >= 11 is 0. The summed E-state index contributed by atoms with van der Waals surface area (Å²) < 4.78 is 6.06. The minimum Gasteiger partial charge on any atom is -0.336 e. The first-order valence-corrected chi connectivity index (χ1v) is 6.24. The molecule has 0 aliphatic heterocycles. The van der Waals surface area contributed by atoms with Gasteiger partial charge in [0.15, 0.2) is 0 Å². The lowest BCUT2D eigenvalue weighted by Gasteiger charge is -2.07. The molecule has 7 nitrogen and oxygen atoms in total. The normalized spacial score (nSPS) is 10.2. The third-order valence-corrected chi connectivity index (χ3v) is 2.93. The van der Waals surface area contributed by atoms with Crippen LogP contribution in [0, 0.1) is 6.92 Å². The van der Waals surface area contributed by atoms with Crippen molar-refractivity contribution >= 4 is 23.2 Å². The van der Waals surface area contributed by atoms with Gasteiger partial charge >= 0.3 is 5.63 Å². The number of anilines is 2. The van der Waals surface area contributed by atoms with Gasteiger partial charge in [-0.25, -0.2) is 9.53 Å². The molecule has 0 bridgehead atoms. The molecule has 1 heterocycles. The van der Waals surface area contributed by atoms with Gasteiger partial charge in [0.25, 0.3) is 5.91 Å². The van der Waals surface area contributed by atoms with Crippen molar-refractivity contribution in [3.8, 4) is 0 Å². The number of nitrogens with one attached hydrogen (secondary N) is 2. The van der Waals surface area contributed by atoms with E-state index in [-0.39, 0.29) is 11.5 Å². The maximum Gasteiger partial charge on any atom is 0.370 e. The van der Waals surface area contributed by atoms with Crippen molar-refractivity contribution in [2.24, 2.45) is 7.05 Å². The van der Waals surface area contributed by atoms with Crippen LogP contribution in [-0.2, 0) is 11.8 Å². The molecule has 0 fully saturated rings. The molecule has 0 atom stereocenters. The van der Waals surface area contributed by atoms with Gasteiger partial charge in [0, 0.05) is 25.3 Å². The van der Waals surface area contributed by atoms with Crippen LogP contribution < -0.4 is 16.3 Å². The molecule has 0 aliphatic carbocycles. The summed E-state index contributed by atoms with van der Waals surface area (Å²) in [4.78, 5) is 34.7. The van der Waals surface area contributed by atoms with E-state index < -0.39 is 11.5 Å². The molecular formula is C14H15N3O4. The summed E-state index contributed by atoms with van der Waals surface area (Å²) in [5.41, 5.74) is 0.731. The Morgan fingerprint density at radius 3 is 2.33 bits per heavy atom. The minimum atomic E-state index is -0.689. The smallest absolute Gasteiger partial charge is 0.336 e. The third-order valence-electron chi connectivity index (χ3n) is 2.93. The van der Waals surface area contributed by atoms with E-state index in [4.69, 9.17) is 4.52 Å². The molecule has 1 aromatic carbocycles. The molecule has 110 valence electrons. The molecule has 0 saturated heterocycles. The fraction of sp³-hybridized carbons (Fsp3) is 0.214. The second kappa shape index (κ2) is 5.66. The Morgan fingerprint density at radius 2 is 1.81 bits per heavy atom. The fourth-order valence-electron chi connectivity index (χ4n) is 1.87. The van der Waals surface area contributed by atoms with E-state index in [0.29, 0.717) is 17.1 Å². The first kappa shape index (κ1) is 14.6. The Hall–Kier alpha value is -2.83. The molecule has 21 heavy (non-hydrogen) atoms. The molecule has 0 unspecified atom stereocenters. The molecule has 0 spiro atoms. The molecular weight excluding hydrogens is 274 g/mol. The summed E-state index contributed by atoms with van der Waals surface area (Å²) in [6.45, 7) is 3.01. The lowest BCUT2D eigenvalue weighted by atomic mass is 10.2. The first-order chi connectivity index (χ1) is 9.88. The van der Waals surface area contributed by atoms with Crippen LogP contribution >= 0.6 is 0 Å². The van der Waals surface area contributed by atoms with E-state index in [1.54, 1.807) is 38.2 Å². The Balaban J connectivity index is 2.23. The van der Waals surface area contributed by atoms with Crippen LogP contribution in [0.4, 0.5) is 11.4 Å². The zero-order chi connectivity index (χ0) is 15.6. The molecule has 1 aromatic heterocycles. The van der Waals surface area contributed by atoms with Crippen LogP contribution in [0.2, 0.25) is 0 Å². The van der Waals surface area contributed by atoms with E-state index in [1.165, 1.54) is 11.7 Å². The van der Waals surface area contributed by atoms with Gasteiger partial charge in [0.1, 0.15) is 5.56 Å². The average Bonchev–Trinajstić information content (AvgIpc) is 2.62. The lowest BCUT2D eigenvalue weighted by molar-refractivity contribution is -0.114. The van der Waals surface area contributed by atoms with Gasteiger partial charge in [-0.3, -0.25) is 9.59 Å². The number of amides is 2. The van der Waals surface area contributed by atoms with Crippen LogP contribution in [0.15, 0.2) is 33.6 Å². The molecule has 2 aromatic rings. The summed E-state index contributed by atoms with van der Waals surface area (Å²) in [6.07, 6.45) is 0. The standard InChI is InChI=1S/C14H15N3O4/c1-8-12(14(20)21-17(8)3)13(19)16-11-6-4-5-10(7-11)15-9(2)18/h4-7H,1-3H3,(H,15,18)(H,16,19). The van der Waals surface area contributed by atoms with Crippen molar-refractivity contribution in [1.29, 1.82) is 0 Å². The second-order valence-corrected chi connectivity index (χ2v) is 4.55. The van der Waals surface area contributed by atoms with E-state index in [2.05, 4.69) is 10.6 Å². The maximum atomic E-state index is 12.1. The van der Waals surface area contributed by atoms with E-state index in [1.807, 2.05) is 0 Å². The minimum absolute atomic E-state index is 0.0394. The van der Waals surface area contributed by atoms with Gasteiger partial charge < -0.3 is 15.2 Å². The first-order valence-electron chi connectivity index (χ1n) is 6.24. The van der Waals surface area contributed by atoms with Gasteiger partial charge in [0.2, 0.25) is 5.91 Å². The zero-order valence-electron chi connectivity index (χ0n) is 11.9. The molecule has 2 N–H and O–H groups in total. The molecule has 0 radical (unpaired) electrons. The average molecular weight is 289 g/mol. The van der Waals surface area contributed by atoms with Crippen molar-refractivity contribution in [2.75, 3.05) is 10.6 Å². The van der Waals surface area contributed by atoms with Crippen molar-refractivity contribution in [2.45, 2.75) is 13.8 Å². The highest BCUT2D eigenvalue weighted by molar-refractivity contribution is 6.05. The van der Waals surface area contributed by atoms with Gasteiger partial charge in [-0.05, 0) is 25.1 Å². The highest BCUT2D eigenvalue weighted by Gasteiger charge is 2.19. The number of hydrogen-bond acceptors (Lipinski definition) is 4.